The molecule has 3 heterocycles. The Morgan fingerprint density at radius 3 is 2.69 bits per heavy atom. The number of hydrogen-bond acceptors (Lipinski definition) is 6. The largest absolute Gasteiger partial charge is 0.465 e. The molecule has 4 rings (SSSR count). The summed E-state index contributed by atoms with van der Waals surface area (Å²) in [6, 6.07) is 9.02. The molecule has 1 aromatic carbocycles. The first-order chi connectivity index (χ1) is 17.1. The number of nitrogens with zero attached hydrogens (tertiary/aromatic N) is 4. The molecule has 0 saturated heterocycles. The van der Waals surface area contributed by atoms with E-state index in [1.165, 1.54) is 28.5 Å². The standard InChI is InChI=1S/C25H27FN6O3S/c1-25(2,3)16(12-32(24(34)35)13-21-29-18-6-4-5-7-19(18)30-21)23-31-20(14-36-23)22(33)28-10-15-8-9-27-11-17(15)26/h4-9,11,14,16H,10,12-13H2,1-3H3,(H,28,33)(H,29,30)(H,34,35). The van der Waals surface area contributed by atoms with Gasteiger partial charge in [0.05, 0.1) is 28.8 Å². The van der Waals surface area contributed by atoms with E-state index >= 15 is 0 Å². The van der Waals surface area contributed by atoms with E-state index < -0.39 is 17.8 Å². The third kappa shape index (κ3) is 5.85. The number of imidazole rings is 1. The molecule has 11 heteroatoms. The van der Waals surface area contributed by atoms with Crippen molar-refractivity contribution in [3.8, 4) is 0 Å². The molecule has 0 aliphatic rings. The molecular weight excluding hydrogens is 483 g/mol. The predicted octanol–water partition coefficient (Wildman–Crippen LogP) is 4.79. The molecule has 9 nitrogen and oxygen atoms in total. The van der Waals surface area contributed by atoms with E-state index in [1.54, 1.807) is 5.38 Å². The minimum atomic E-state index is -1.07. The lowest BCUT2D eigenvalue weighted by Crippen LogP contribution is -2.37. The number of nitrogens with one attached hydrogen (secondary N) is 2. The third-order valence-electron chi connectivity index (χ3n) is 5.85. The van der Waals surface area contributed by atoms with Crippen LogP contribution in [0.25, 0.3) is 11.0 Å². The van der Waals surface area contributed by atoms with E-state index in [0.29, 0.717) is 16.4 Å². The van der Waals surface area contributed by atoms with Gasteiger partial charge < -0.3 is 20.3 Å². The highest BCUT2D eigenvalue weighted by atomic mass is 32.1. The van der Waals surface area contributed by atoms with E-state index in [4.69, 9.17) is 0 Å². The zero-order valence-corrected chi connectivity index (χ0v) is 21.0. The SMILES string of the molecule is CC(C)(C)C(CN(Cc1nc2ccccc2[nH]1)C(=O)O)c1nc(C(=O)NCc2ccncc2F)cs1. The number of rotatable bonds is 8. The highest BCUT2D eigenvalue weighted by Crippen LogP contribution is 2.37. The smallest absolute Gasteiger partial charge is 0.407 e. The van der Waals surface area contributed by atoms with Gasteiger partial charge in [-0.1, -0.05) is 32.9 Å². The Bertz CT molecular complexity index is 1350. The topological polar surface area (TPSA) is 124 Å². The molecule has 1 unspecified atom stereocenters. The number of aromatic nitrogens is 4. The van der Waals surface area contributed by atoms with Crippen LogP contribution in [0.3, 0.4) is 0 Å². The van der Waals surface area contributed by atoms with E-state index in [2.05, 4.69) is 25.3 Å². The maximum absolute atomic E-state index is 13.8. The van der Waals surface area contributed by atoms with Crippen LogP contribution in [0.4, 0.5) is 9.18 Å². The lowest BCUT2D eigenvalue weighted by Gasteiger charge is -2.32. The Labute approximate surface area is 211 Å². The molecule has 0 spiro atoms. The van der Waals surface area contributed by atoms with Crippen LogP contribution < -0.4 is 5.32 Å². The Kier molecular flexibility index (Phi) is 7.30. The number of fused-ring (bicyclic) bond motifs is 1. The first-order valence-electron chi connectivity index (χ1n) is 11.4. The fourth-order valence-corrected chi connectivity index (χ4v) is 4.92. The maximum atomic E-state index is 13.8. The van der Waals surface area contributed by atoms with E-state index in [0.717, 1.165) is 17.2 Å². The fraction of sp³-hybridized carbons (Fsp3) is 0.320. The number of carboxylic acid groups (broad SMARTS) is 1. The Hall–Kier alpha value is -3.86. The van der Waals surface area contributed by atoms with Crippen LogP contribution in [0.1, 0.15) is 53.6 Å². The Morgan fingerprint density at radius 1 is 1.22 bits per heavy atom. The number of halogens is 1. The van der Waals surface area contributed by atoms with Crippen LogP contribution in [0.2, 0.25) is 0 Å². The summed E-state index contributed by atoms with van der Waals surface area (Å²) in [4.78, 5) is 42.0. The monoisotopic (exact) mass is 510 g/mol. The van der Waals surface area contributed by atoms with Crippen molar-refractivity contribution < 1.29 is 19.1 Å². The number of carbonyl (C=O) groups is 2. The predicted molar refractivity (Wildman–Crippen MR) is 134 cm³/mol. The van der Waals surface area contributed by atoms with Crippen LogP contribution in [0, 0.1) is 11.2 Å². The highest BCUT2D eigenvalue weighted by molar-refractivity contribution is 7.10. The molecule has 2 amide bonds. The molecule has 0 aliphatic carbocycles. The van der Waals surface area contributed by atoms with Crippen LogP contribution in [0.15, 0.2) is 48.1 Å². The Morgan fingerprint density at radius 2 is 2.00 bits per heavy atom. The van der Waals surface area contributed by atoms with Gasteiger partial charge in [-0.3, -0.25) is 9.78 Å². The number of carbonyl (C=O) groups excluding carboxylic acids is 1. The molecule has 4 aromatic rings. The molecule has 1 atom stereocenters. The molecule has 36 heavy (non-hydrogen) atoms. The van der Waals surface area contributed by atoms with Gasteiger partial charge in [0.25, 0.3) is 5.91 Å². The molecule has 3 aromatic heterocycles. The lowest BCUT2D eigenvalue weighted by atomic mass is 9.80. The van der Waals surface area contributed by atoms with Crippen molar-refractivity contribution in [2.45, 2.75) is 39.8 Å². The van der Waals surface area contributed by atoms with Crippen molar-refractivity contribution in [1.82, 2.24) is 30.2 Å². The summed E-state index contributed by atoms with van der Waals surface area (Å²) in [7, 11) is 0. The molecule has 0 bridgehead atoms. The molecular formula is C25H27FN6O3S. The molecule has 188 valence electrons. The number of H-pyrrole nitrogens is 1. The van der Waals surface area contributed by atoms with Gasteiger partial charge in [0.1, 0.15) is 17.3 Å². The number of pyridine rings is 1. The second-order valence-electron chi connectivity index (χ2n) is 9.50. The van der Waals surface area contributed by atoms with Crippen molar-refractivity contribution in [3.05, 3.63) is 76.0 Å². The first-order valence-corrected chi connectivity index (χ1v) is 12.2. The van der Waals surface area contributed by atoms with Crippen LogP contribution in [-0.4, -0.2) is 48.5 Å². The van der Waals surface area contributed by atoms with Gasteiger partial charge in [-0.05, 0) is 23.6 Å². The number of amides is 2. The van der Waals surface area contributed by atoms with Gasteiger partial charge in [0.2, 0.25) is 0 Å². The van der Waals surface area contributed by atoms with Crippen molar-refractivity contribution in [3.63, 3.8) is 0 Å². The van der Waals surface area contributed by atoms with Crippen LogP contribution in [-0.2, 0) is 13.1 Å². The average molecular weight is 511 g/mol. The second-order valence-corrected chi connectivity index (χ2v) is 10.4. The number of hydrogen-bond donors (Lipinski definition) is 3. The summed E-state index contributed by atoms with van der Waals surface area (Å²) in [5, 5.41) is 14.9. The van der Waals surface area contributed by atoms with Crippen molar-refractivity contribution in [1.29, 1.82) is 0 Å². The number of para-hydroxylation sites is 2. The van der Waals surface area contributed by atoms with Crippen molar-refractivity contribution >= 4 is 34.4 Å². The molecule has 0 saturated carbocycles. The van der Waals surface area contributed by atoms with Gasteiger partial charge in [0.15, 0.2) is 0 Å². The van der Waals surface area contributed by atoms with E-state index in [1.807, 2.05) is 45.0 Å². The van der Waals surface area contributed by atoms with Gasteiger partial charge >= 0.3 is 6.09 Å². The first kappa shape index (κ1) is 25.2. The average Bonchev–Trinajstić information content (AvgIpc) is 3.47. The van der Waals surface area contributed by atoms with Gasteiger partial charge in [0, 0.05) is 36.1 Å². The number of benzene rings is 1. The quantitative estimate of drug-likeness (QED) is 0.313. The normalized spacial score (nSPS) is 12.4. The summed E-state index contributed by atoms with van der Waals surface area (Å²) in [5.41, 5.74) is 1.80. The van der Waals surface area contributed by atoms with E-state index in [-0.39, 0.29) is 36.7 Å². The molecule has 0 radical (unpaired) electrons. The summed E-state index contributed by atoms with van der Waals surface area (Å²) in [5.74, 6) is -0.655. The zero-order valence-electron chi connectivity index (χ0n) is 20.2. The van der Waals surface area contributed by atoms with Crippen molar-refractivity contribution in [2.24, 2.45) is 5.41 Å². The molecule has 3 N–H and O–H groups in total. The second kappa shape index (κ2) is 10.4. The van der Waals surface area contributed by atoms with Crippen LogP contribution in [0.5, 0.6) is 0 Å². The zero-order chi connectivity index (χ0) is 25.9. The Balaban J connectivity index is 1.49. The number of thiazole rings is 1. The summed E-state index contributed by atoms with van der Waals surface area (Å²) in [6.45, 7) is 6.29. The fourth-order valence-electron chi connectivity index (χ4n) is 3.78. The van der Waals surface area contributed by atoms with Gasteiger partial charge in [-0.25, -0.2) is 19.2 Å². The van der Waals surface area contributed by atoms with Crippen molar-refractivity contribution in [2.75, 3.05) is 6.54 Å². The van der Waals surface area contributed by atoms with Gasteiger partial charge in [-0.15, -0.1) is 11.3 Å². The maximum Gasteiger partial charge on any atom is 0.407 e. The number of aromatic amines is 1. The minimum Gasteiger partial charge on any atom is -0.465 e. The highest BCUT2D eigenvalue weighted by Gasteiger charge is 2.33. The summed E-state index contributed by atoms with van der Waals surface area (Å²) < 4.78 is 13.8. The molecule has 0 aliphatic heterocycles. The summed E-state index contributed by atoms with van der Waals surface area (Å²) >= 11 is 1.30. The van der Waals surface area contributed by atoms with Crippen LogP contribution >= 0.6 is 11.3 Å². The summed E-state index contributed by atoms with van der Waals surface area (Å²) in [6.07, 6.45) is 1.48. The minimum absolute atomic E-state index is 0.00698. The van der Waals surface area contributed by atoms with E-state index in [9.17, 15) is 19.1 Å². The van der Waals surface area contributed by atoms with Gasteiger partial charge in [-0.2, -0.15) is 0 Å². The third-order valence-corrected chi connectivity index (χ3v) is 6.80. The lowest BCUT2D eigenvalue weighted by molar-refractivity contribution is 0.0944. The molecule has 0 fully saturated rings.